The number of hydrogen-bond acceptors (Lipinski definition) is 5. The predicted octanol–water partition coefficient (Wildman–Crippen LogP) is 4.76. The van der Waals surface area contributed by atoms with E-state index in [2.05, 4.69) is 35.1 Å². The smallest absolute Gasteiger partial charge is 0.178 e. The van der Waals surface area contributed by atoms with Gasteiger partial charge in [-0.1, -0.05) is 12.1 Å². The molecule has 0 spiro atoms. The van der Waals surface area contributed by atoms with Crippen LogP contribution in [-0.2, 0) is 0 Å². The second-order valence-electron chi connectivity index (χ2n) is 7.08. The Labute approximate surface area is 175 Å². The van der Waals surface area contributed by atoms with Gasteiger partial charge in [0.1, 0.15) is 11.2 Å². The van der Waals surface area contributed by atoms with Crippen LogP contribution >= 0.6 is 0 Å². The monoisotopic (exact) mass is 407 g/mol. The molecule has 0 saturated heterocycles. The van der Waals surface area contributed by atoms with Crippen LogP contribution in [0, 0.1) is 5.82 Å². The van der Waals surface area contributed by atoms with Crippen LogP contribution in [0.4, 0.5) is 4.39 Å². The first-order valence-electron chi connectivity index (χ1n) is 9.61. The highest BCUT2D eigenvalue weighted by molar-refractivity contribution is 5.97. The van der Waals surface area contributed by atoms with Gasteiger partial charge in [0.05, 0.1) is 5.52 Å². The fourth-order valence-electron chi connectivity index (χ4n) is 3.75. The average Bonchev–Trinajstić information content (AvgIpc) is 3.44. The molecule has 8 heteroatoms. The zero-order valence-electron chi connectivity index (χ0n) is 16.0. The average molecular weight is 407 g/mol. The first kappa shape index (κ1) is 17.4. The summed E-state index contributed by atoms with van der Waals surface area (Å²) in [4.78, 5) is 20.7. The molecular formula is C23H14FN7. The number of fused-ring (bicyclic) bond motifs is 2. The molecule has 7 nitrogen and oxygen atoms in total. The van der Waals surface area contributed by atoms with Crippen molar-refractivity contribution in [2.45, 2.75) is 0 Å². The lowest BCUT2D eigenvalue weighted by molar-refractivity contribution is 0.636. The number of hydrogen-bond donors (Lipinski definition) is 2. The molecule has 0 aliphatic carbocycles. The number of aromatic amines is 2. The number of benzene rings is 1. The van der Waals surface area contributed by atoms with E-state index >= 15 is 0 Å². The molecule has 0 aliphatic rings. The lowest BCUT2D eigenvalue weighted by Gasteiger charge is -2.03. The number of imidazole rings is 1. The van der Waals surface area contributed by atoms with E-state index in [-0.39, 0.29) is 5.52 Å². The van der Waals surface area contributed by atoms with Crippen molar-refractivity contribution in [3.05, 3.63) is 79.3 Å². The van der Waals surface area contributed by atoms with Gasteiger partial charge in [-0.25, -0.2) is 14.4 Å². The summed E-state index contributed by atoms with van der Waals surface area (Å²) < 4.78 is 14.8. The summed E-state index contributed by atoms with van der Waals surface area (Å²) in [5, 5.41) is 7.73. The zero-order valence-corrected chi connectivity index (χ0v) is 16.0. The van der Waals surface area contributed by atoms with E-state index in [1.54, 1.807) is 31.0 Å². The summed E-state index contributed by atoms with van der Waals surface area (Å²) in [5.74, 6) is 0.119. The van der Waals surface area contributed by atoms with Gasteiger partial charge >= 0.3 is 0 Å². The molecule has 6 rings (SSSR count). The molecular weight excluding hydrogens is 393 g/mol. The largest absolute Gasteiger partial charge is 0.335 e. The van der Waals surface area contributed by atoms with Crippen molar-refractivity contribution in [2.75, 3.05) is 0 Å². The number of halogens is 1. The fraction of sp³-hybridized carbons (Fsp3) is 0. The van der Waals surface area contributed by atoms with Crippen molar-refractivity contribution >= 4 is 22.1 Å². The molecule has 0 bridgehead atoms. The van der Waals surface area contributed by atoms with Gasteiger partial charge in [0, 0.05) is 53.1 Å². The number of nitrogens with zero attached hydrogens (tertiary/aromatic N) is 5. The van der Waals surface area contributed by atoms with Crippen molar-refractivity contribution < 1.29 is 4.39 Å². The van der Waals surface area contributed by atoms with Crippen LogP contribution in [0.1, 0.15) is 0 Å². The minimum Gasteiger partial charge on any atom is -0.335 e. The van der Waals surface area contributed by atoms with Gasteiger partial charge in [0.25, 0.3) is 0 Å². The molecule has 2 N–H and O–H groups in total. The molecule has 1 aromatic carbocycles. The first-order chi connectivity index (χ1) is 15.3. The minimum absolute atomic E-state index is 0.253. The van der Waals surface area contributed by atoms with E-state index in [0.29, 0.717) is 28.1 Å². The normalized spacial score (nSPS) is 11.4. The molecule has 0 fully saturated rings. The van der Waals surface area contributed by atoms with E-state index in [1.807, 2.05) is 36.4 Å². The van der Waals surface area contributed by atoms with E-state index < -0.39 is 5.82 Å². The second-order valence-corrected chi connectivity index (χ2v) is 7.08. The predicted molar refractivity (Wildman–Crippen MR) is 115 cm³/mol. The van der Waals surface area contributed by atoms with Gasteiger partial charge in [-0.3, -0.25) is 15.1 Å². The summed E-state index contributed by atoms with van der Waals surface area (Å²) in [6.45, 7) is 0. The Bertz CT molecular complexity index is 1540. The SMILES string of the molecule is Fc1cc(-c2cccnc2)cc2c(-c3nc4nccc(-c5cccnc5)c4[nH]3)[nH]nc12. The third-order valence-corrected chi connectivity index (χ3v) is 5.21. The third-order valence-electron chi connectivity index (χ3n) is 5.21. The molecule has 6 aromatic rings. The molecule has 0 aliphatic heterocycles. The van der Waals surface area contributed by atoms with Crippen LogP contribution in [0.3, 0.4) is 0 Å². The van der Waals surface area contributed by atoms with Crippen molar-refractivity contribution in [1.82, 2.24) is 35.1 Å². The lowest BCUT2D eigenvalue weighted by atomic mass is 10.0. The van der Waals surface area contributed by atoms with Gasteiger partial charge in [-0.15, -0.1) is 0 Å². The van der Waals surface area contributed by atoms with Crippen molar-refractivity contribution in [2.24, 2.45) is 0 Å². The first-order valence-corrected chi connectivity index (χ1v) is 9.61. The highest BCUT2D eigenvalue weighted by Crippen LogP contribution is 2.33. The lowest BCUT2D eigenvalue weighted by Crippen LogP contribution is -1.85. The second kappa shape index (κ2) is 6.81. The van der Waals surface area contributed by atoms with Crippen molar-refractivity contribution in [3.63, 3.8) is 0 Å². The Kier molecular flexibility index (Phi) is 3.82. The molecule has 0 radical (unpaired) electrons. The third kappa shape index (κ3) is 2.84. The maximum Gasteiger partial charge on any atom is 0.178 e. The van der Waals surface area contributed by atoms with Gasteiger partial charge in [0.2, 0.25) is 0 Å². The Morgan fingerprint density at radius 1 is 0.839 bits per heavy atom. The Morgan fingerprint density at radius 3 is 2.42 bits per heavy atom. The van der Waals surface area contributed by atoms with E-state index in [9.17, 15) is 4.39 Å². The molecule has 5 heterocycles. The molecule has 0 unspecified atom stereocenters. The van der Waals surface area contributed by atoms with Crippen LogP contribution in [0.15, 0.2) is 73.4 Å². The maximum atomic E-state index is 14.8. The van der Waals surface area contributed by atoms with Crippen LogP contribution in [0.5, 0.6) is 0 Å². The Morgan fingerprint density at radius 2 is 1.65 bits per heavy atom. The quantitative estimate of drug-likeness (QED) is 0.441. The number of rotatable bonds is 3. The molecule has 0 atom stereocenters. The standard InChI is InChI=1S/C23H14FN7/c24-18-10-15(13-3-1-6-25-11-13)9-17-19(18)30-31-21(17)23-28-20-16(5-8-27-22(20)29-23)14-4-2-7-26-12-14/h1-12H,(H,30,31)(H,27,28,29). The highest BCUT2D eigenvalue weighted by atomic mass is 19.1. The molecule has 5 aromatic heterocycles. The zero-order chi connectivity index (χ0) is 20.8. The summed E-state index contributed by atoms with van der Waals surface area (Å²) in [6.07, 6.45) is 8.61. The van der Waals surface area contributed by atoms with E-state index in [0.717, 1.165) is 22.2 Å². The highest BCUT2D eigenvalue weighted by Gasteiger charge is 2.18. The number of nitrogens with one attached hydrogen (secondary N) is 2. The Hall–Kier alpha value is -4.46. The molecule has 31 heavy (non-hydrogen) atoms. The van der Waals surface area contributed by atoms with Gasteiger partial charge in [-0.05, 0) is 35.9 Å². The number of pyridine rings is 3. The molecule has 0 saturated carbocycles. The van der Waals surface area contributed by atoms with Gasteiger partial charge in [0.15, 0.2) is 17.3 Å². The van der Waals surface area contributed by atoms with Crippen molar-refractivity contribution in [3.8, 4) is 33.8 Å². The summed E-state index contributed by atoms with van der Waals surface area (Å²) in [6, 6.07) is 12.8. The minimum atomic E-state index is -0.413. The number of aromatic nitrogens is 7. The summed E-state index contributed by atoms with van der Waals surface area (Å²) >= 11 is 0. The summed E-state index contributed by atoms with van der Waals surface area (Å²) in [5.41, 5.74) is 5.59. The Balaban J connectivity index is 1.55. The number of H-pyrrole nitrogens is 2. The fourth-order valence-corrected chi connectivity index (χ4v) is 3.75. The van der Waals surface area contributed by atoms with Gasteiger partial charge in [-0.2, -0.15) is 5.10 Å². The topological polar surface area (TPSA) is 96.0 Å². The van der Waals surface area contributed by atoms with E-state index in [1.165, 1.54) is 6.07 Å². The van der Waals surface area contributed by atoms with Crippen LogP contribution < -0.4 is 0 Å². The maximum absolute atomic E-state index is 14.8. The molecule has 0 amide bonds. The van der Waals surface area contributed by atoms with Gasteiger partial charge < -0.3 is 4.98 Å². The summed E-state index contributed by atoms with van der Waals surface area (Å²) in [7, 11) is 0. The van der Waals surface area contributed by atoms with E-state index in [4.69, 9.17) is 0 Å². The molecule has 148 valence electrons. The van der Waals surface area contributed by atoms with Crippen LogP contribution in [-0.4, -0.2) is 35.1 Å². The van der Waals surface area contributed by atoms with Crippen LogP contribution in [0.2, 0.25) is 0 Å². The van der Waals surface area contributed by atoms with Crippen molar-refractivity contribution in [1.29, 1.82) is 0 Å². The van der Waals surface area contributed by atoms with Crippen LogP contribution in [0.25, 0.3) is 55.8 Å².